The van der Waals surface area contributed by atoms with E-state index in [-0.39, 0.29) is 59.9 Å². The van der Waals surface area contributed by atoms with E-state index in [9.17, 15) is 97.6 Å². The van der Waals surface area contributed by atoms with E-state index < -0.39 is 164 Å². The highest BCUT2D eigenvalue weighted by Crippen LogP contribution is 2.68. The van der Waals surface area contributed by atoms with E-state index in [4.69, 9.17) is 50.0 Å². The third-order valence-corrected chi connectivity index (χ3v) is 21.4. The number of phosphoric ester groups is 2. The summed E-state index contributed by atoms with van der Waals surface area (Å²) in [6.45, 7) is 4.32. The smallest absolute Gasteiger partial charge is 0.398 e. The Kier molecular flexibility index (Phi) is 24.4. The molecule has 4 aromatic heterocycles. The van der Waals surface area contributed by atoms with Gasteiger partial charge < -0.3 is 88.9 Å². The number of aromatic nitrogens is 4. The number of anilines is 2. The lowest BCUT2D eigenvalue weighted by molar-refractivity contribution is -0.397. The van der Waals surface area contributed by atoms with Crippen LogP contribution in [0, 0.1) is 52.3 Å². The predicted molar refractivity (Wildman–Crippen MR) is 321 cm³/mol. The van der Waals surface area contributed by atoms with Crippen LogP contribution in [-0.4, -0.2) is 126 Å². The molecule has 2 aliphatic heterocycles. The van der Waals surface area contributed by atoms with Gasteiger partial charge in [0.1, 0.15) is 47.1 Å². The average molecular weight is 1480 g/mol. The number of nitrogens with zero attached hydrogens (tertiary/aromatic N) is 8. The summed E-state index contributed by atoms with van der Waals surface area (Å²) in [6, 6.07) is 9.91. The van der Waals surface area contributed by atoms with Gasteiger partial charge in [-0.3, -0.25) is 49.5 Å². The fourth-order valence-electron chi connectivity index (χ4n) is 10.1. The Morgan fingerprint density at radius 1 is 0.531 bits per heavy atom. The van der Waals surface area contributed by atoms with Crippen molar-refractivity contribution >= 4 is 103 Å². The largest absolute Gasteiger partial charge is 0.490 e. The molecule has 528 valence electrons. The Morgan fingerprint density at radius 2 is 0.844 bits per heavy atom. The molecule has 6 aromatic rings. The van der Waals surface area contributed by atoms with Crippen molar-refractivity contribution in [2.75, 3.05) is 24.7 Å². The highest BCUT2D eigenvalue weighted by atomic mass is 31.3. The summed E-state index contributed by atoms with van der Waals surface area (Å²) in [5.74, 6) is -0.950. The molecule has 2 fully saturated rings. The molecule has 0 saturated carbocycles. The molecule has 0 spiro atoms. The van der Waals surface area contributed by atoms with Crippen LogP contribution in [0.3, 0.4) is 0 Å². The number of phosphoric acid groups is 6. The standard InChI is InChI=1S/2C23H30N5O17P3/c2*1-12(2)22(21-15(27(30)31)4-3-5-16(21)28(32)33)41-10-13-9-26(23-20(13)14(24)6-7-25-23)19-8-17(29)18(43-19)11-42-47(37,38)45-48(39,40)44-46(34,35)36/h2*3-7,9,12,17-19,22,29H,8,10-11H2,1-2H3,(H2,24,25)(H,37,38)(H,39,40)(H2,34,35,36)/t17-,18-,19-,22+;17-,18-,19-,22-/m11/s1. The maximum atomic E-state index is 12.1. The van der Waals surface area contributed by atoms with Gasteiger partial charge in [0.25, 0.3) is 22.7 Å². The van der Waals surface area contributed by atoms with E-state index in [2.05, 4.69) is 36.3 Å². The lowest BCUT2D eigenvalue weighted by atomic mass is 9.95. The van der Waals surface area contributed by atoms with Crippen LogP contribution in [0.2, 0.25) is 0 Å². The van der Waals surface area contributed by atoms with Gasteiger partial charge in [-0.25, -0.2) is 37.4 Å². The minimum absolute atomic E-state index is 0.151. The van der Waals surface area contributed by atoms with Crippen LogP contribution < -0.4 is 11.5 Å². The van der Waals surface area contributed by atoms with Gasteiger partial charge in [0, 0.05) is 95.2 Å². The topological polar surface area (TPSA) is 657 Å². The van der Waals surface area contributed by atoms with E-state index in [1.807, 2.05) is 0 Å². The molecule has 6 heterocycles. The van der Waals surface area contributed by atoms with Crippen molar-refractivity contribution in [3.05, 3.63) is 136 Å². The number of nitrogen functional groups attached to an aromatic ring is 2. The summed E-state index contributed by atoms with van der Waals surface area (Å²) >= 11 is 0. The molecule has 2 saturated heterocycles. The second kappa shape index (κ2) is 30.4. The zero-order valence-electron chi connectivity index (χ0n) is 49.6. The van der Waals surface area contributed by atoms with Crippen molar-refractivity contribution < 1.29 is 142 Å². The molecule has 0 radical (unpaired) electrons. The minimum Gasteiger partial charge on any atom is -0.398 e. The molecule has 2 aromatic carbocycles. The van der Waals surface area contributed by atoms with Crippen molar-refractivity contribution in [3.8, 4) is 0 Å². The van der Waals surface area contributed by atoms with E-state index in [1.165, 1.54) is 58.2 Å². The maximum absolute atomic E-state index is 12.1. The number of nitro benzene ring substituents is 4. The molecular formula is C46H60N10O34P6. The second-order valence-corrected chi connectivity index (χ2v) is 30.2. The van der Waals surface area contributed by atoms with Gasteiger partial charge in [0.15, 0.2) is 0 Å². The highest BCUT2D eigenvalue weighted by Gasteiger charge is 2.46. The number of rotatable bonds is 30. The second-order valence-electron chi connectivity index (χ2n) is 21.4. The van der Waals surface area contributed by atoms with E-state index in [1.54, 1.807) is 27.7 Å². The number of ether oxygens (including phenoxy) is 4. The van der Waals surface area contributed by atoms with Crippen LogP contribution in [0.1, 0.15) is 87.5 Å². The number of nitrogens with two attached hydrogens (primary N) is 2. The van der Waals surface area contributed by atoms with Crippen molar-refractivity contribution in [2.24, 2.45) is 11.8 Å². The number of pyridine rings is 2. The summed E-state index contributed by atoms with van der Waals surface area (Å²) in [6.07, 6.45) is -4.21. The number of nitro groups is 4. The molecule has 50 heteroatoms. The van der Waals surface area contributed by atoms with Gasteiger partial charge >= 0.3 is 46.9 Å². The van der Waals surface area contributed by atoms with Gasteiger partial charge in [-0.05, 0) is 36.1 Å². The Labute approximate surface area is 537 Å². The monoisotopic (exact) mass is 1480 g/mol. The first-order valence-electron chi connectivity index (χ1n) is 27.2. The maximum Gasteiger partial charge on any atom is 0.490 e. The van der Waals surface area contributed by atoms with Gasteiger partial charge in [-0.15, -0.1) is 0 Å². The van der Waals surface area contributed by atoms with Crippen LogP contribution in [0.15, 0.2) is 73.3 Å². The summed E-state index contributed by atoms with van der Waals surface area (Å²) in [7, 11) is -33.7. The number of benzene rings is 2. The fourth-order valence-corrected chi connectivity index (χ4v) is 16.2. The zero-order chi connectivity index (χ0) is 71.5. The van der Waals surface area contributed by atoms with Crippen LogP contribution in [0.5, 0.6) is 0 Å². The molecule has 44 nitrogen and oxygen atoms in total. The number of aliphatic hydroxyl groups excluding tert-OH is 2. The van der Waals surface area contributed by atoms with Crippen molar-refractivity contribution in [1.82, 2.24) is 19.1 Å². The zero-order valence-corrected chi connectivity index (χ0v) is 55.0. The minimum atomic E-state index is -5.76. The summed E-state index contributed by atoms with van der Waals surface area (Å²) in [5.41, 5.74) is 11.7. The number of hydrogen-bond donors (Lipinski definition) is 12. The molecule has 14 N–H and O–H groups in total. The van der Waals surface area contributed by atoms with Crippen LogP contribution >= 0.6 is 46.9 Å². The van der Waals surface area contributed by atoms with Crippen LogP contribution in [-0.2, 0) is 85.8 Å². The van der Waals surface area contributed by atoms with Crippen molar-refractivity contribution in [2.45, 2.75) is 103 Å². The molecule has 0 aliphatic carbocycles. The molecule has 96 heavy (non-hydrogen) atoms. The molecule has 2 aliphatic rings. The fraction of sp³-hybridized carbons (Fsp3) is 0.435. The first-order chi connectivity index (χ1) is 44.4. The quantitative estimate of drug-likeness (QED) is 0.0127. The first-order valence-corrected chi connectivity index (χ1v) is 36.2. The van der Waals surface area contributed by atoms with Gasteiger partial charge in [0.05, 0.1) is 70.5 Å². The van der Waals surface area contributed by atoms with Gasteiger partial charge in [-0.2, -0.15) is 17.2 Å². The van der Waals surface area contributed by atoms with E-state index >= 15 is 0 Å². The summed E-state index contributed by atoms with van der Waals surface area (Å²) in [5, 5.41) is 69.1. The molecule has 0 bridgehead atoms. The highest BCUT2D eigenvalue weighted by molar-refractivity contribution is 7.67. The van der Waals surface area contributed by atoms with Crippen molar-refractivity contribution in [3.63, 3.8) is 0 Å². The normalized spacial score (nSPS) is 21.6. The number of fused-ring (bicyclic) bond motifs is 2. The average Bonchev–Trinajstić information content (AvgIpc) is 1.57. The lowest BCUT2D eigenvalue weighted by Crippen LogP contribution is -2.26. The third kappa shape index (κ3) is 19.5. The van der Waals surface area contributed by atoms with Crippen LogP contribution in [0.4, 0.5) is 34.1 Å². The lowest BCUT2D eigenvalue weighted by Gasteiger charge is -2.21. The number of aliphatic hydroxyl groups is 2. The molecule has 8 rings (SSSR count). The Bertz CT molecular complexity index is 3890. The van der Waals surface area contributed by atoms with E-state index in [0.717, 1.165) is 24.3 Å². The van der Waals surface area contributed by atoms with Crippen LogP contribution in [0.25, 0.3) is 22.1 Å². The Morgan fingerprint density at radius 3 is 1.12 bits per heavy atom. The first kappa shape index (κ1) is 77.0. The van der Waals surface area contributed by atoms with Crippen molar-refractivity contribution in [1.29, 1.82) is 0 Å². The van der Waals surface area contributed by atoms with Gasteiger partial charge in [-0.1, -0.05) is 27.7 Å². The molecule has 12 atom stereocenters. The summed E-state index contributed by atoms with van der Waals surface area (Å²) in [4.78, 5) is 126. The van der Waals surface area contributed by atoms with E-state index in [0.29, 0.717) is 21.9 Å². The molecule has 0 amide bonds. The Balaban J connectivity index is 0.000000271. The molecule has 4 unspecified atom stereocenters. The Hall–Kier alpha value is -6.40. The summed E-state index contributed by atoms with van der Waals surface area (Å²) < 4.78 is 120. The van der Waals surface area contributed by atoms with Gasteiger partial charge in [0.2, 0.25) is 0 Å². The third-order valence-electron chi connectivity index (χ3n) is 13.8. The predicted octanol–water partition coefficient (Wildman–Crippen LogP) is 6.68. The SMILES string of the molecule is CC(C)[C@@H](OCc1cn([C@H]2C[C@@H](O)[C@@H](COP(=O)(O)OP(=O)(O)OP(=O)(O)O)O2)c2nccc(N)c12)c1c([N+](=O)[O-])cccc1[N+](=O)[O-].CC(C)[C@H](OCc1cn([C@H]2C[C@@H](O)[C@@H](COP(=O)(O)OP(=O)(O)OP(=O)(O)O)O2)c2nccc(N)c12)c1c([N+](=O)[O-])cccc1[N+](=O)[O-]. The number of hydrogen-bond acceptors (Lipinski definition) is 30. The molecular weight excluding hydrogens is 1420 g/mol.